The van der Waals surface area contributed by atoms with Crippen molar-refractivity contribution in [1.82, 2.24) is 4.98 Å². The predicted octanol–water partition coefficient (Wildman–Crippen LogP) is 3.66. The number of hydrogen-bond donors (Lipinski definition) is 2. The summed E-state index contributed by atoms with van der Waals surface area (Å²) in [6, 6.07) is 17.8. The molecule has 0 aliphatic rings. The fraction of sp³-hybridized carbons (Fsp3) is 0.118. The third-order valence-electron chi connectivity index (χ3n) is 3.36. The highest BCUT2D eigenvalue weighted by Gasteiger charge is 2.07. The molecular weight excluding hydrogens is 248 g/mol. The summed E-state index contributed by atoms with van der Waals surface area (Å²) in [5.74, 6) is -0.00847. The SMILES string of the molecule is Cc1ccccc1NC(=O)Cc1cc2ccccc2[nH]1. The maximum absolute atomic E-state index is 12.1. The van der Waals surface area contributed by atoms with Crippen molar-refractivity contribution in [2.24, 2.45) is 0 Å². The molecule has 0 aliphatic carbocycles. The number of anilines is 1. The van der Waals surface area contributed by atoms with Crippen molar-refractivity contribution in [2.75, 3.05) is 5.32 Å². The van der Waals surface area contributed by atoms with Crippen LogP contribution in [0.4, 0.5) is 5.69 Å². The largest absolute Gasteiger partial charge is 0.358 e. The van der Waals surface area contributed by atoms with Gasteiger partial charge in [-0.3, -0.25) is 4.79 Å². The molecule has 1 amide bonds. The van der Waals surface area contributed by atoms with Crippen LogP contribution in [-0.4, -0.2) is 10.9 Å². The molecular formula is C17H16N2O. The van der Waals surface area contributed by atoms with E-state index in [9.17, 15) is 4.79 Å². The summed E-state index contributed by atoms with van der Waals surface area (Å²) in [5, 5.41) is 4.07. The number of nitrogens with one attached hydrogen (secondary N) is 2. The van der Waals surface area contributed by atoms with E-state index in [1.165, 1.54) is 0 Å². The number of amides is 1. The minimum absolute atomic E-state index is 0.00847. The van der Waals surface area contributed by atoms with Crippen LogP contribution in [0.25, 0.3) is 10.9 Å². The van der Waals surface area contributed by atoms with Gasteiger partial charge >= 0.3 is 0 Å². The number of aryl methyl sites for hydroxylation is 1. The Balaban J connectivity index is 1.74. The molecule has 0 radical (unpaired) electrons. The van der Waals surface area contributed by atoms with Crippen molar-refractivity contribution in [2.45, 2.75) is 13.3 Å². The topological polar surface area (TPSA) is 44.9 Å². The van der Waals surface area contributed by atoms with Gasteiger partial charge in [-0.1, -0.05) is 36.4 Å². The van der Waals surface area contributed by atoms with Gasteiger partial charge in [0, 0.05) is 16.9 Å². The van der Waals surface area contributed by atoms with E-state index in [-0.39, 0.29) is 5.91 Å². The molecule has 0 atom stereocenters. The van der Waals surface area contributed by atoms with E-state index in [1.54, 1.807) is 0 Å². The Kier molecular flexibility index (Phi) is 3.25. The number of carbonyl (C=O) groups excluding carboxylic acids is 1. The summed E-state index contributed by atoms with van der Waals surface area (Å²) >= 11 is 0. The fourth-order valence-corrected chi connectivity index (χ4v) is 2.31. The third kappa shape index (κ3) is 2.57. The van der Waals surface area contributed by atoms with Gasteiger partial charge in [-0.15, -0.1) is 0 Å². The van der Waals surface area contributed by atoms with Crippen molar-refractivity contribution >= 4 is 22.5 Å². The minimum atomic E-state index is -0.00847. The van der Waals surface area contributed by atoms with Crippen LogP contribution in [0.2, 0.25) is 0 Å². The number of aromatic amines is 1. The third-order valence-corrected chi connectivity index (χ3v) is 3.36. The second kappa shape index (κ2) is 5.21. The van der Waals surface area contributed by atoms with Gasteiger partial charge in [-0.25, -0.2) is 0 Å². The van der Waals surface area contributed by atoms with Crippen LogP contribution in [0.3, 0.4) is 0 Å². The van der Waals surface area contributed by atoms with Gasteiger partial charge in [0.05, 0.1) is 6.42 Å². The van der Waals surface area contributed by atoms with Crippen molar-refractivity contribution in [3.63, 3.8) is 0 Å². The zero-order valence-electron chi connectivity index (χ0n) is 11.3. The number of benzene rings is 2. The van der Waals surface area contributed by atoms with Crippen molar-refractivity contribution in [3.05, 3.63) is 65.9 Å². The molecule has 0 saturated carbocycles. The maximum atomic E-state index is 12.1. The van der Waals surface area contributed by atoms with Gasteiger partial charge in [0.2, 0.25) is 5.91 Å². The zero-order valence-corrected chi connectivity index (χ0v) is 11.3. The molecule has 0 saturated heterocycles. The Bertz CT molecular complexity index is 725. The van der Waals surface area contributed by atoms with Crippen LogP contribution in [0.5, 0.6) is 0 Å². The van der Waals surface area contributed by atoms with E-state index < -0.39 is 0 Å². The molecule has 3 nitrogen and oxygen atoms in total. The van der Waals surface area contributed by atoms with E-state index in [4.69, 9.17) is 0 Å². The Labute approximate surface area is 117 Å². The smallest absolute Gasteiger partial charge is 0.230 e. The van der Waals surface area contributed by atoms with Crippen molar-refractivity contribution in [1.29, 1.82) is 0 Å². The zero-order chi connectivity index (χ0) is 13.9. The van der Waals surface area contributed by atoms with Gasteiger partial charge in [-0.05, 0) is 36.1 Å². The van der Waals surface area contributed by atoms with Crippen molar-refractivity contribution < 1.29 is 4.79 Å². The molecule has 2 N–H and O–H groups in total. The van der Waals surface area contributed by atoms with E-state index in [0.717, 1.165) is 27.8 Å². The lowest BCUT2D eigenvalue weighted by molar-refractivity contribution is -0.115. The summed E-state index contributed by atoms with van der Waals surface area (Å²) in [6.45, 7) is 1.98. The van der Waals surface area contributed by atoms with E-state index in [0.29, 0.717) is 6.42 Å². The van der Waals surface area contributed by atoms with Crippen LogP contribution in [-0.2, 0) is 11.2 Å². The molecule has 0 spiro atoms. The molecule has 3 heteroatoms. The first-order chi connectivity index (χ1) is 9.72. The number of H-pyrrole nitrogens is 1. The summed E-state index contributed by atoms with van der Waals surface area (Å²) in [4.78, 5) is 15.3. The van der Waals surface area contributed by atoms with Gasteiger partial charge in [-0.2, -0.15) is 0 Å². The quantitative estimate of drug-likeness (QED) is 0.745. The second-order valence-corrected chi connectivity index (χ2v) is 4.92. The number of hydrogen-bond acceptors (Lipinski definition) is 1. The number of para-hydroxylation sites is 2. The first-order valence-electron chi connectivity index (χ1n) is 6.64. The van der Waals surface area contributed by atoms with Crippen LogP contribution < -0.4 is 5.32 Å². The van der Waals surface area contributed by atoms with E-state index in [1.807, 2.05) is 61.5 Å². The summed E-state index contributed by atoms with van der Waals surface area (Å²) in [5.41, 5.74) is 3.93. The van der Waals surface area contributed by atoms with Crippen molar-refractivity contribution in [3.8, 4) is 0 Å². The summed E-state index contributed by atoms with van der Waals surface area (Å²) < 4.78 is 0. The highest BCUT2D eigenvalue weighted by atomic mass is 16.1. The molecule has 1 heterocycles. The van der Waals surface area contributed by atoms with E-state index >= 15 is 0 Å². The molecule has 0 aliphatic heterocycles. The summed E-state index contributed by atoms with van der Waals surface area (Å²) in [6.07, 6.45) is 0.350. The molecule has 0 unspecified atom stereocenters. The first-order valence-corrected chi connectivity index (χ1v) is 6.64. The lowest BCUT2D eigenvalue weighted by Crippen LogP contribution is -2.15. The minimum Gasteiger partial charge on any atom is -0.358 e. The second-order valence-electron chi connectivity index (χ2n) is 4.92. The van der Waals surface area contributed by atoms with Gasteiger partial charge in [0.25, 0.3) is 0 Å². The van der Waals surface area contributed by atoms with Crippen LogP contribution in [0.15, 0.2) is 54.6 Å². The molecule has 3 aromatic rings. The average molecular weight is 264 g/mol. The van der Waals surface area contributed by atoms with Gasteiger partial charge in [0.15, 0.2) is 0 Å². The Morgan fingerprint density at radius 2 is 1.85 bits per heavy atom. The molecule has 20 heavy (non-hydrogen) atoms. The predicted molar refractivity (Wildman–Crippen MR) is 81.8 cm³/mol. The van der Waals surface area contributed by atoms with Crippen LogP contribution >= 0.6 is 0 Å². The lowest BCUT2D eigenvalue weighted by atomic mass is 10.2. The Morgan fingerprint density at radius 1 is 1.10 bits per heavy atom. The number of carbonyl (C=O) groups is 1. The maximum Gasteiger partial charge on any atom is 0.230 e. The van der Waals surface area contributed by atoms with Crippen LogP contribution in [0.1, 0.15) is 11.3 Å². The molecule has 3 rings (SSSR count). The number of aromatic nitrogens is 1. The first kappa shape index (κ1) is 12.5. The Hall–Kier alpha value is -2.55. The number of rotatable bonds is 3. The molecule has 2 aromatic carbocycles. The Morgan fingerprint density at radius 3 is 2.65 bits per heavy atom. The number of fused-ring (bicyclic) bond motifs is 1. The molecule has 100 valence electrons. The normalized spacial score (nSPS) is 10.7. The average Bonchev–Trinajstić information content (AvgIpc) is 2.83. The molecule has 0 bridgehead atoms. The summed E-state index contributed by atoms with van der Waals surface area (Å²) in [7, 11) is 0. The van der Waals surface area contributed by atoms with Gasteiger partial charge in [0.1, 0.15) is 0 Å². The monoisotopic (exact) mass is 264 g/mol. The lowest BCUT2D eigenvalue weighted by Gasteiger charge is -2.07. The molecule has 0 fully saturated rings. The van der Waals surface area contributed by atoms with Crippen LogP contribution in [0, 0.1) is 6.92 Å². The van der Waals surface area contributed by atoms with Gasteiger partial charge < -0.3 is 10.3 Å². The molecule has 1 aromatic heterocycles. The van der Waals surface area contributed by atoms with E-state index in [2.05, 4.69) is 10.3 Å². The highest BCUT2D eigenvalue weighted by Crippen LogP contribution is 2.16. The fourth-order valence-electron chi connectivity index (χ4n) is 2.31. The standard InChI is InChI=1S/C17H16N2O/c1-12-6-2-4-8-15(12)19-17(20)11-14-10-13-7-3-5-9-16(13)18-14/h2-10,18H,11H2,1H3,(H,19,20). The highest BCUT2D eigenvalue weighted by molar-refractivity contribution is 5.93.